The van der Waals surface area contributed by atoms with Crippen molar-refractivity contribution in [3.8, 4) is 0 Å². The summed E-state index contributed by atoms with van der Waals surface area (Å²) < 4.78 is 0. The normalized spacial score (nSPS) is 12.8. The number of likely N-dealkylation sites (N-methyl/N-ethyl adjacent to an activating group) is 1. The first-order valence-corrected chi connectivity index (χ1v) is 6.40. The van der Waals surface area contributed by atoms with E-state index < -0.39 is 0 Å². The Balaban J connectivity index is 4.14. The van der Waals surface area contributed by atoms with Crippen molar-refractivity contribution in [1.29, 1.82) is 0 Å². The number of nitrogens with one attached hydrogen (secondary N) is 1. The Morgan fingerprint density at radius 1 is 1.38 bits per heavy atom. The molecule has 1 amide bonds. The number of carbonyl (C=O) groups is 1. The number of rotatable bonds is 9. The molecule has 0 aliphatic heterocycles. The molecule has 4 heteroatoms. The molecule has 0 heterocycles. The van der Waals surface area contributed by atoms with Crippen molar-refractivity contribution in [2.75, 3.05) is 26.2 Å². The lowest BCUT2D eigenvalue weighted by atomic mass is 10.1. The van der Waals surface area contributed by atoms with Crippen LogP contribution in [0.4, 0.5) is 0 Å². The van der Waals surface area contributed by atoms with Crippen LogP contribution in [0.1, 0.15) is 40.0 Å². The van der Waals surface area contributed by atoms with E-state index in [2.05, 4.69) is 24.1 Å². The summed E-state index contributed by atoms with van der Waals surface area (Å²) in [5.41, 5.74) is 5.74. The second kappa shape index (κ2) is 9.60. The molecule has 0 bridgehead atoms. The van der Waals surface area contributed by atoms with Crippen LogP contribution in [0.5, 0.6) is 0 Å². The minimum atomic E-state index is 0.105. The van der Waals surface area contributed by atoms with Gasteiger partial charge in [0.1, 0.15) is 0 Å². The topological polar surface area (TPSA) is 58.4 Å². The van der Waals surface area contributed by atoms with Crippen molar-refractivity contribution in [3.05, 3.63) is 0 Å². The zero-order valence-corrected chi connectivity index (χ0v) is 11.0. The van der Waals surface area contributed by atoms with Gasteiger partial charge in [-0.3, -0.25) is 9.69 Å². The van der Waals surface area contributed by atoms with Crippen LogP contribution in [-0.2, 0) is 4.79 Å². The highest BCUT2D eigenvalue weighted by atomic mass is 16.1. The molecule has 0 saturated carbocycles. The van der Waals surface area contributed by atoms with Gasteiger partial charge in [-0.2, -0.15) is 0 Å². The van der Waals surface area contributed by atoms with E-state index in [1.807, 2.05) is 6.92 Å². The van der Waals surface area contributed by atoms with Crippen LogP contribution in [0.2, 0.25) is 0 Å². The Hall–Kier alpha value is -0.610. The highest BCUT2D eigenvalue weighted by molar-refractivity contribution is 5.76. The predicted molar refractivity (Wildman–Crippen MR) is 68.3 cm³/mol. The largest absolute Gasteiger partial charge is 0.356 e. The van der Waals surface area contributed by atoms with Gasteiger partial charge in [-0.1, -0.05) is 20.3 Å². The molecule has 1 unspecified atom stereocenters. The lowest BCUT2D eigenvalue weighted by Gasteiger charge is -2.29. The maximum atomic E-state index is 11.5. The second-order valence-electron chi connectivity index (χ2n) is 4.03. The first-order valence-electron chi connectivity index (χ1n) is 6.40. The first-order chi connectivity index (χ1) is 7.69. The average molecular weight is 229 g/mol. The van der Waals surface area contributed by atoms with E-state index in [1.54, 1.807) is 0 Å². The number of carbonyl (C=O) groups excluding carboxylic acids is 1. The van der Waals surface area contributed by atoms with Crippen LogP contribution in [0, 0.1) is 0 Å². The standard InChI is InChI=1S/C12H27N3O/c1-4-7-8-15(6-3)11(10-13)9-12(16)14-5-2/h11H,4-10,13H2,1-3H3,(H,14,16). The molecule has 1 atom stereocenters. The quantitative estimate of drug-likeness (QED) is 0.619. The maximum absolute atomic E-state index is 11.5. The van der Waals surface area contributed by atoms with Crippen molar-refractivity contribution in [2.24, 2.45) is 5.73 Å². The van der Waals surface area contributed by atoms with E-state index in [4.69, 9.17) is 5.73 Å². The number of unbranched alkanes of at least 4 members (excludes halogenated alkanes) is 1. The molecule has 16 heavy (non-hydrogen) atoms. The van der Waals surface area contributed by atoms with Gasteiger partial charge in [0.2, 0.25) is 5.91 Å². The fraction of sp³-hybridized carbons (Fsp3) is 0.917. The van der Waals surface area contributed by atoms with E-state index in [1.165, 1.54) is 12.8 Å². The SMILES string of the molecule is CCCCN(CC)C(CN)CC(=O)NCC. The third-order valence-corrected chi connectivity index (χ3v) is 2.79. The Bertz CT molecular complexity index is 185. The molecule has 0 radical (unpaired) electrons. The summed E-state index contributed by atoms with van der Waals surface area (Å²) in [5.74, 6) is 0.105. The van der Waals surface area contributed by atoms with Crippen molar-refractivity contribution in [3.63, 3.8) is 0 Å². The van der Waals surface area contributed by atoms with Crippen LogP contribution in [0.25, 0.3) is 0 Å². The van der Waals surface area contributed by atoms with Gasteiger partial charge in [0, 0.05) is 25.6 Å². The Morgan fingerprint density at radius 2 is 2.06 bits per heavy atom. The maximum Gasteiger partial charge on any atom is 0.221 e. The number of nitrogens with zero attached hydrogens (tertiary/aromatic N) is 1. The number of amides is 1. The molecule has 0 fully saturated rings. The van der Waals surface area contributed by atoms with E-state index in [-0.39, 0.29) is 11.9 Å². The van der Waals surface area contributed by atoms with Crippen molar-refractivity contribution < 1.29 is 4.79 Å². The predicted octanol–water partition coefficient (Wildman–Crippen LogP) is 0.962. The lowest BCUT2D eigenvalue weighted by molar-refractivity contribution is -0.122. The van der Waals surface area contributed by atoms with Crippen LogP contribution in [0.15, 0.2) is 0 Å². The van der Waals surface area contributed by atoms with Crippen LogP contribution in [0.3, 0.4) is 0 Å². The fourth-order valence-corrected chi connectivity index (χ4v) is 1.80. The van der Waals surface area contributed by atoms with Gasteiger partial charge in [-0.05, 0) is 26.4 Å². The molecule has 4 nitrogen and oxygen atoms in total. The van der Waals surface area contributed by atoms with Crippen molar-refractivity contribution in [1.82, 2.24) is 10.2 Å². The third kappa shape index (κ3) is 6.08. The molecule has 3 N–H and O–H groups in total. The van der Waals surface area contributed by atoms with Crippen LogP contribution >= 0.6 is 0 Å². The Morgan fingerprint density at radius 3 is 2.50 bits per heavy atom. The Kier molecular flexibility index (Phi) is 9.24. The summed E-state index contributed by atoms with van der Waals surface area (Å²) >= 11 is 0. The van der Waals surface area contributed by atoms with E-state index in [0.717, 1.165) is 13.1 Å². The molecule has 0 aromatic heterocycles. The highest BCUT2D eigenvalue weighted by Crippen LogP contribution is 2.05. The molecule has 0 aromatic rings. The van der Waals surface area contributed by atoms with Crippen molar-refractivity contribution >= 4 is 5.91 Å². The fourth-order valence-electron chi connectivity index (χ4n) is 1.80. The van der Waals surface area contributed by atoms with Crippen molar-refractivity contribution in [2.45, 2.75) is 46.1 Å². The number of hydrogen-bond donors (Lipinski definition) is 2. The summed E-state index contributed by atoms with van der Waals surface area (Å²) in [6.45, 7) is 9.47. The summed E-state index contributed by atoms with van der Waals surface area (Å²) in [7, 11) is 0. The van der Waals surface area contributed by atoms with Gasteiger partial charge in [-0.25, -0.2) is 0 Å². The Labute approximate surface area is 99.6 Å². The number of nitrogens with two attached hydrogens (primary N) is 1. The smallest absolute Gasteiger partial charge is 0.221 e. The van der Waals surface area contributed by atoms with Crippen LogP contribution in [-0.4, -0.2) is 43.0 Å². The van der Waals surface area contributed by atoms with Gasteiger partial charge in [0.05, 0.1) is 0 Å². The summed E-state index contributed by atoms with van der Waals surface area (Å²) in [6.07, 6.45) is 2.86. The lowest BCUT2D eigenvalue weighted by Crippen LogP contribution is -2.44. The van der Waals surface area contributed by atoms with Gasteiger partial charge >= 0.3 is 0 Å². The highest BCUT2D eigenvalue weighted by Gasteiger charge is 2.18. The first kappa shape index (κ1) is 15.4. The van der Waals surface area contributed by atoms with Gasteiger partial charge in [-0.15, -0.1) is 0 Å². The number of hydrogen-bond acceptors (Lipinski definition) is 3. The minimum Gasteiger partial charge on any atom is -0.356 e. The van der Waals surface area contributed by atoms with Gasteiger partial charge in [0.25, 0.3) is 0 Å². The van der Waals surface area contributed by atoms with E-state index in [0.29, 0.717) is 19.5 Å². The molecule has 0 rings (SSSR count). The molecule has 0 spiro atoms. The minimum absolute atomic E-state index is 0.105. The average Bonchev–Trinajstić information content (AvgIpc) is 2.28. The van der Waals surface area contributed by atoms with Gasteiger partial charge in [0.15, 0.2) is 0 Å². The summed E-state index contributed by atoms with van der Waals surface area (Å²) in [4.78, 5) is 13.8. The summed E-state index contributed by atoms with van der Waals surface area (Å²) in [6, 6.07) is 0.183. The zero-order valence-electron chi connectivity index (χ0n) is 11.0. The summed E-state index contributed by atoms with van der Waals surface area (Å²) in [5, 5.41) is 2.82. The molecule has 0 aromatic carbocycles. The molecule has 0 aliphatic rings. The van der Waals surface area contributed by atoms with Gasteiger partial charge < -0.3 is 11.1 Å². The van der Waals surface area contributed by atoms with Crippen LogP contribution < -0.4 is 11.1 Å². The third-order valence-electron chi connectivity index (χ3n) is 2.79. The molecule has 0 aliphatic carbocycles. The zero-order chi connectivity index (χ0) is 12.4. The van der Waals surface area contributed by atoms with E-state index in [9.17, 15) is 4.79 Å². The molecule has 0 saturated heterocycles. The second-order valence-corrected chi connectivity index (χ2v) is 4.03. The van der Waals surface area contributed by atoms with E-state index >= 15 is 0 Å². The molecular formula is C12H27N3O. The molecule has 96 valence electrons. The monoisotopic (exact) mass is 229 g/mol. The molecular weight excluding hydrogens is 202 g/mol.